The van der Waals surface area contributed by atoms with Gasteiger partial charge in [-0.25, -0.2) is 5.43 Å². The van der Waals surface area contributed by atoms with Crippen molar-refractivity contribution in [3.63, 3.8) is 0 Å². The Labute approximate surface area is 142 Å². The zero-order valence-corrected chi connectivity index (χ0v) is 14.5. The van der Waals surface area contributed by atoms with Crippen molar-refractivity contribution in [1.82, 2.24) is 5.43 Å². The molecule has 1 aliphatic rings. The quantitative estimate of drug-likeness (QED) is 0.804. The Balaban J connectivity index is 1.95. The van der Waals surface area contributed by atoms with E-state index in [9.17, 15) is 0 Å². The smallest absolute Gasteiger partial charge is 0.0524 e. The van der Waals surface area contributed by atoms with Crippen molar-refractivity contribution in [2.45, 2.75) is 38.3 Å². The van der Waals surface area contributed by atoms with E-state index in [4.69, 9.17) is 23.2 Å². The van der Waals surface area contributed by atoms with Crippen LogP contribution in [0.2, 0.25) is 10.0 Å². The fraction of sp³-hybridized carbons (Fsp3) is 0.333. The average molecular weight is 335 g/mol. The maximum Gasteiger partial charge on any atom is 0.0524 e. The molecule has 0 spiro atoms. The van der Waals surface area contributed by atoms with Gasteiger partial charge in [-0.3, -0.25) is 0 Å². The minimum atomic E-state index is -0.0487. The highest BCUT2D eigenvalue weighted by Gasteiger charge is 2.45. The minimum absolute atomic E-state index is 0.0487. The topological polar surface area (TPSA) is 15.3 Å². The van der Waals surface area contributed by atoms with Gasteiger partial charge in [-0.05, 0) is 62.7 Å². The fourth-order valence-corrected chi connectivity index (χ4v) is 3.75. The van der Waals surface area contributed by atoms with Crippen LogP contribution >= 0.6 is 23.2 Å². The second-order valence-electron chi connectivity index (χ2n) is 6.45. The summed E-state index contributed by atoms with van der Waals surface area (Å²) in [4.78, 5) is 0. The lowest BCUT2D eigenvalue weighted by Gasteiger charge is -2.27. The summed E-state index contributed by atoms with van der Waals surface area (Å²) in [5, 5.41) is 3.76. The number of hydrogen-bond donors (Lipinski definition) is 1. The Kier molecular flexibility index (Phi) is 4.11. The van der Waals surface area contributed by atoms with Gasteiger partial charge in [0.15, 0.2) is 0 Å². The number of anilines is 1. The van der Waals surface area contributed by atoms with Gasteiger partial charge in [-0.1, -0.05) is 35.3 Å². The molecule has 3 rings (SSSR count). The lowest BCUT2D eigenvalue weighted by molar-refractivity contribution is 0.401. The third-order valence-electron chi connectivity index (χ3n) is 4.41. The number of hydrogen-bond acceptors (Lipinski definition) is 2. The first-order valence-corrected chi connectivity index (χ1v) is 8.22. The standard InChI is InChI=1S/C18H20Cl2N2/c1-12-17(13-4-6-14(19)7-5-13)18(2,3)21-22(12)16-10-8-15(20)9-11-16/h4-12,17,21H,1-3H3. The zero-order chi connectivity index (χ0) is 15.9. The zero-order valence-electron chi connectivity index (χ0n) is 13.0. The van der Waals surface area contributed by atoms with E-state index in [-0.39, 0.29) is 5.54 Å². The van der Waals surface area contributed by atoms with Crippen molar-refractivity contribution < 1.29 is 0 Å². The minimum Gasteiger partial charge on any atom is -0.304 e. The Bertz CT molecular complexity index is 650. The Morgan fingerprint density at radius 3 is 1.95 bits per heavy atom. The van der Waals surface area contributed by atoms with Crippen LogP contribution in [0, 0.1) is 0 Å². The van der Waals surface area contributed by atoms with Gasteiger partial charge in [0.1, 0.15) is 0 Å². The summed E-state index contributed by atoms with van der Waals surface area (Å²) in [6, 6.07) is 16.4. The van der Waals surface area contributed by atoms with E-state index in [2.05, 4.69) is 43.3 Å². The molecule has 116 valence electrons. The molecule has 0 bridgehead atoms. The van der Waals surface area contributed by atoms with Gasteiger partial charge in [-0.2, -0.15) is 0 Å². The van der Waals surface area contributed by atoms with Crippen LogP contribution in [0.25, 0.3) is 0 Å². The highest BCUT2D eigenvalue weighted by Crippen LogP contribution is 2.41. The molecule has 4 heteroatoms. The summed E-state index contributed by atoms with van der Waals surface area (Å²) in [6.07, 6.45) is 0. The van der Waals surface area contributed by atoms with E-state index >= 15 is 0 Å². The summed E-state index contributed by atoms with van der Waals surface area (Å²) >= 11 is 12.0. The summed E-state index contributed by atoms with van der Waals surface area (Å²) in [7, 11) is 0. The first-order valence-electron chi connectivity index (χ1n) is 7.46. The normalized spacial score (nSPS) is 23.8. The molecule has 0 aliphatic carbocycles. The van der Waals surface area contributed by atoms with Crippen LogP contribution < -0.4 is 10.4 Å². The number of hydrazine groups is 1. The maximum absolute atomic E-state index is 6.03. The number of nitrogens with one attached hydrogen (secondary N) is 1. The van der Waals surface area contributed by atoms with Crippen LogP contribution in [0.5, 0.6) is 0 Å². The molecule has 1 N–H and O–H groups in total. The van der Waals surface area contributed by atoms with Crippen LogP contribution in [0.4, 0.5) is 5.69 Å². The van der Waals surface area contributed by atoms with Crippen LogP contribution in [-0.4, -0.2) is 11.6 Å². The van der Waals surface area contributed by atoms with Gasteiger partial charge >= 0.3 is 0 Å². The van der Waals surface area contributed by atoms with Crippen LogP contribution in [0.1, 0.15) is 32.3 Å². The molecule has 2 nitrogen and oxygen atoms in total. The molecule has 0 radical (unpaired) electrons. The first-order chi connectivity index (χ1) is 10.4. The molecule has 2 unspecified atom stereocenters. The van der Waals surface area contributed by atoms with Crippen LogP contribution in [0.3, 0.4) is 0 Å². The third kappa shape index (κ3) is 2.83. The van der Waals surface area contributed by atoms with E-state index in [0.29, 0.717) is 12.0 Å². The molecular formula is C18H20Cl2N2. The number of halogens is 2. The number of benzene rings is 2. The summed E-state index contributed by atoms with van der Waals surface area (Å²) in [5.41, 5.74) is 6.01. The predicted octanol–water partition coefficient (Wildman–Crippen LogP) is 5.27. The second-order valence-corrected chi connectivity index (χ2v) is 7.32. The predicted molar refractivity (Wildman–Crippen MR) is 94.8 cm³/mol. The van der Waals surface area contributed by atoms with Gasteiger partial charge in [-0.15, -0.1) is 0 Å². The van der Waals surface area contributed by atoms with E-state index < -0.39 is 0 Å². The van der Waals surface area contributed by atoms with Gasteiger partial charge in [0.2, 0.25) is 0 Å². The van der Waals surface area contributed by atoms with E-state index in [1.807, 2.05) is 36.4 Å². The van der Waals surface area contributed by atoms with Crippen molar-refractivity contribution in [2.24, 2.45) is 0 Å². The van der Waals surface area contributed by atoms with Gasteiger partial charge in [0.05, 0.1) is 11.7 Å². The lowest BCUT2D eigenvalue weighted by atomic mass is 9.80. The van der Waals surface area contributed by atoms with Gasteiger partial charge in [0, 0.05) is 21.5 Å². The molecule has 22 heavy (non-hydrogen) atoms. The Morgan fingerprint density at radius 2 is 1.41 bits per heavy atom. The Morgan fingerprint density at radius 1 is 0.909 bits per heavy atom. The molecule has 1 aliphatic heterocycles. The lowest BCUT2D eigenvalue weighted by Crippen LogP contribution is -2.43. The Hall–Kier alpha value is -1.22. The highest BCUT2D eigenvalue weighted by molar-refractivity contribution is 6.30. The second kappa shape index (κ2) is 5.77. The fourth-order valence-electron chi connectivity index (χ4n) is 3.50. The van der Waals surface area contributed by atoms with Crippen molar-refractivity contribution in [3.8, 4) is 0 Å². The molecule has 0 aromatic heterocycles. The molecule has 1 saturated heterocycles. The maximum atomic E-state index is 6.03. The first kappa shape index (κ1) is 15.7. The SMILES string of the molecule is CC1C(c2ccc(Cl)cc2)C(C)(C)NN1c1ccc(Cl)cc1. The molecular weight excluding hydrogens is 315 g/mol. The molecule has 2 aromatic carbocycles. The van der Waals surface area contributed by atoms with Crippen LogP contribution in [0.15, 0.2) is 48.5 Å². The van der Waals surface area contributed by atoms with Crippen LogP contribution in [-0.2, 0) is 0 Å². The third-order valence-corrected chi connectivity index (χ3v) is 4.91. The van der Waals surface area contributed by atoms with E-state index in [0.717, 1.165) is 15.7 Å². The van der Waals surface area contributed by atoms with Gasteiger partial charge in [0.25, 0.3) is 0 Å². The van der Waals surface area contributed by atoms with Crippen molar-refractivity contribution in [3.05, 3.63) is 64.1 Å². The molecule has 1 fully saturated rings. The largest absolute Gasteiger partial charge is 0.304 e. The van der Waals surface area contributed by atoms with Gasteiger partial charge < -0.3 is 5.01 Å². The van der Waals surface area contributed by atoms with E-state index in [1.54, 1.807) is 0 Å². The molecule has 0 amide bonds. The number of nitrogens with zero attached hydrogens (tertiary/aromatic N) is 1. The van der Waals surface area contributed by atoms with Crippen molar-refractivity contribution in [2.75, 3.05) is 5.01 Å². The summed E-state index contributed by atoms with van der Waals surface area (Å²) in [5.74, 6) is 0.362. The molecule has 1 heterocycles. The van der Waals surface area contributed by atoms with E-state index in [1.165, 1.54) is 5.56 Å². The average Bonchev–Trinajstić information content (AvgIpc) is 2.71. The molecule has 2 aromatic rings. The summed E-state index contributed by atoms with van der Waals surface area (Å²) in [6.45, 7) is 6.72. The molecule has 2 atom stereocenters. The van der Waals surface area contributed by atoms with Crippen molar-refractivity contribution >= 4 is 28.9 Å². The highest BCUT2D eigenvalue weighted by atomic mass is 35.5. The van der Waals surface area contributed by atoms with Crippen molar-refractivity contribution in [1.29, 1.82) is 0 Å². The monoisotopic (exact) mass is 334 g/mol. The number of rotatable bonds is 2. The summed E-state index contributed by atoms with van der Waals surface area (Å²) < 4.78 is 0. The molecule has 0 saturated carbocycles.